The molecule has 1 heterocycles. The molecule has 0 amide bonds. The van der Waals surface area contributed by atoms with Crippen LogP contribution in [0.5, 0.6) is 0 Å². The summed E-state index contributed by atoms with van der Waals surface area (Å²) in [5, 5.41) is 10.3. The van der Waals surface area contributed by atoms with Crippen molar-refractivity contribution < 1.29 is 5.11 Å². The Bertz CT molecular complexity index is 341. The molecule has 3 nitrogen and oxygen atoms in total. The molecule has 88 valence electrons. The lowest BCUT2D eigenvalue weighted by atomic mass is 9.96. The first-order chi connectivity index (χ1) is 7.65. The third-order valence-corrected chi connectivity index (χ3v) is 3.74. The van der Waals surface area contributed by atoms with Crippen molar-refractivity contribution in [3.63, 3.8) is 0 Å². The van der Waals surface area contributed by atoms with Gasteiger partial charge < -0.3 is 10.8 Å². The molecule has 0 aliphatic carbocycles. The van der Waals surface area contributed by atoms with Gasteiger partial charge in [0.05, 0.1) is 5.60 Å². The molecule has 1 aromatic rings. The number of benzene rings is 1. The summed E-state index contributed by atoms with van der Waals surface area (Å²) >= 11 is 0. The minimum absolute atomic E-state index is 0.137. The molecule has 0 aromatic heterocycles. The minimum atomic E-state index is -0.700. The largest absolute Gasteiger partial charge is 0.387 e. The van der Waals surface area contributed by atoms with Crippen molar-refractivity contribution in [3.05, 3.63) is 35.9 Å². The van der Waals surface area contributed by atoms with Gasteiger partial charge in [-0.3, -0.25) is 4.90 Å². The standard InChI is InChI=1S/C13H20N2O/c1-11-13(16,10-14)7-8-15(11)9-12-5-3-2-4-6-12/h2-6,11,16H,7-10,14H2,1H3. The van der Waals surface area contributed by atoms with E-state index in [-0.39, 0.29) is 6.04 Å². The molecule has 0 spiro atoms. The van der Waals surface area contributed by atoms with Gasteiger partial charge in [-0.1, -0.05) is 30.3 Å². The first kappa shape index (κ1) is 11.6. The maximum Gasteiger partial charge on any atom is 0.0933 e. The highest BCUT2D eigenvalue weighted by Crippen LogP contribution is 2.28. The van der Waals surface area contributed by atoms with Crippen LogP contribution in [0.1, 0.15) is 18.9 Å². The quantitative estimate of drug-likeness (QED) is 0.798. The van der Waals surface area contributed by atoms with Crippen LogP contribution in [0.3, 0.4) is 0 Å². The van der Waals surface area contributed by atoms with Crippen molar-refractivity contribution in [2.24, 2.45) is 5.73 Å². The average Bonchev–Trinajstić information content (AvgIpc) is 2.60. The van der Waals surface area contributed by atoms with Crippen LogP contribution >= 0.6 is 0 Å². The van der Waals surface area contributed by atoms with Crippen LogP contribution in [0.2, 0.25) is 0 Å². The molecule has 1 saturated heterocycles. The Morgan fingerprint density at radius 1 is 1.44 bits per heavy atom. The number of hydrogen-bond acceptors (Lipinski definition) is 3. The van der Waals surface area contributed by atoms with E-state index in [0.29, 0.717) is 6.54 Å². The van der Waals surface area contributed by atoms with Crippen LogP contribution in [0.4, 0.5) is 0 Å². The summed E-state index contributed by atoms with van der Waals surface area (Å²) < 4.78 is 0. The van der Waals surface area contributed by atoms with Crippen molar-refractivity contribution in [2.45, 2.75) is 31.5 Å². The van der Waals surface area contributed by atoms with Gasteiger partial charge in [-0.25, -0.2) is 0 Å². The van der Waals surface area contributed by atoms with Gasteiger partial charge >= 0.3 is 0 Å². The average molecular weight is 220 g/mol. The zero-order valence-corrected chi connectivity index (χ0v) is 9.76. The van der Waals surface area contributed by atoms with Crippen LogP contribution in [0.25, 0.3) is 0 Å². The number of nitrogens with two attached hydrogens (primary N) is 1. The molecule has 1 fully saturated rings. The van der Waals surface area contributed by atoms with E-state index in [1.54, 1.807) is 0 Å². The monoisotopic (exact) mass is 220 g/mol. The topological polar surface area (TPSA) is 49.5 Å². The van der Waals surface area contributed by atoms with Crippen LogP contribution < -0.4 is 5.73 Å². The van der Waals surface area contributed by atoms with Crippen molar-refractivity contribution in [1.29, 1.82) is 0 Å². The van der Waals surface area contributed by atoms with Gasteiger partial charge in [0, 0.05) is 25.7 Å². The number of hydrogen-bond donors (Lipinski definition) is 2. The second kappa shape index (κ2) is 4.53. The first-order valence-electron chi connectivity index (χ1n) is 5.86. The van der Waals surface area contributed by atoms with E-state index in [1.807, 2.05) is 18.2 Å². The fraction of sp³-hybridized carbons (Fsp3) is 0.538. The van der Waals surface area contributed by atoms with Gasteiger partial charge in [-0.15, -0.1) is 0 Å². The predicted molar refractivity (Wildman–Crippen MR) is 64.9 cm³/mol. The van der Waals surface area contributed by atoms with Gasteiger partial charge in [0.15, 0.2) is 0 Å². The molecule has 0 saturated carbocycles. The smallest absolute Gasteiger partial charge is 0.0933 e. The molecule has 1 aliphatic rings. The number of nitrogens with zero attached hydrogens (tertiary/aromatic N) is 1. The van der Waals surface area contributed by atoms with Crippen molar-refractivity contribution in [1.82, 2.24) is 4.90 Å². The third-order valence-electron chi connectivity index (χ3n) is 3.74. The molecule has 1 aliphatic heterocycles. The molecule has 2 rings (SSSR count). The molecule has 2 unspecified atom stereocenters. The molecule has 3 heteroatoms. The van der Waals surface area contributed by atoms with Gasteiger partial charge in [0.2, 0.25) is 0 Å². The molecule has 0 bridgehead atoms. The molecule has 3 N–H and O–H groups in total. The van der Waals surface area contributed by atoms with Crippen LogP contribution in [-0.2, 0) is 6.54 Å². The van der Waals surface area contributed by atoms with Crippen molar-refractivity contribution >= 4 is 0 Å². The van der Waals surface area contributed by atoms with Crippen LogP contribution in [0.15, 0.2) is 30.3 Å². The van der Waals surface area contributed by atoms with Crippen LogP contribution in [-0.4, -0.2) is 34.7 Å². The molecular weight excluding hydrogens is 200 g/mol. The van der Waals surface area contributed by atoms with E-state index in [9.17, 15) is 5.11 Å². The highest BCUT2D eigenvalue weighted by atomic mass is 16.3. The second-order valence-corrected chi connectivity index (χ2v) is 4.69. The maximum absolute atomic E-state index is 10.3. The Kier molecular flexibility index (Phi) is 3.28. The van der Waals surface area contributed by atoms with Crippen molar-refractivity contribution in [3.8, 4) is 0 Å². The lowest BCUT2D eigenvalue weighted by Gasteiger charge is -2.30. The predicted octanol–water partition coefficient (Wildman–Crippen LogP) is 0.971. The van der Waals surface area contributed by atoms with E-state index in [4.69, 9.17) is 5.73 Å². The first-order valence-corrected chi connectivity index (χ1v) is 5.86. The second-order valence-electron chi connectivity index (χ2n) is 4.69. The highest BCUT2D eigenvalue weighted by Gasteiger charge is 2.41. The Morgan fingerprint density at radius 3 is 2.69 bits per heavy atom. The minimum Gasteiger partial charge on any atom is -0.387 e. The summed E-state index contributed by atoms with van der Waals surface area (Å²) in [4.78, 5) is 2.29. The summed E-state index contributed by atoms with van der Waals surface area (Å²) in [6, 6.07) is 10.5. The van der Waals surface area contributed by atoms with Gasteiger partial charge in [0.1, 0.15) is 0 Å². The molecule has 2 atom stereocenters. The van der Waals surface area contributed by atoms with E-state index < -0.39 is 5.60 Å². The maximum atomic E-state index is 10.3. The third kappa shape index (κ3) is 2.12. The number of rotatable bonds is 3. The van der Waals surface area contributed by atoms with E-state index in [2.05, 4.69) is 24.0 Å². The van der Waals surface area contributed by atoms with Crippen LogP contribution in [0, 0.1) is 0 Å². The Hall–Kier alpha value is -0.900. The SMILES string of the molecule is CC1N(Cc2ccccc2)CCC1(O)CN. The fourth-order valence-electron chi connectivity index (χ4n) is 2.39. The molecule has 16 heavy (non-hydrogen) atoms. The Morgan fingerprint density at radius 2 is 2.12 bits per heavy atom. The van der Waals surface area contributed by atoms with E-state index in [1.165, 1.54) is 5.56 Å². The molecule has 1 aromatic carbocycles. The molecular formula is C13H20N2O. The summed E-state index contributed by atoms with van der Waals surface area (Å²) in [5.41, 5.74) is 6.23. The van der Waals surface area contributed by atoms with Gasteiger partial charge in [-0.05, 0) is 18.9 Å². The molecule has 0 radical (unpaired) electrons. The summed E-state index contributed by atoms with van der Waals surface area (Å²) in [6.07, 6.45) is 0.775. The summed E-state index contributed by atoms with van der Waals surface area (Å²) in [6.45, 7) is 4.22. The summed E-state index contributed by atoms with van der Waals surface area (Å²) in [7, 11) is 0. The van der Waals surface area contributed by atoms with E-state index in [0.717, 1.165) is 19.5 Å². The highest BCUT2D eigenvalue weighted by molar-refractivity contribution is 5.15. The zero-order chi connectivity index (χ0) is 11.6. The lowest BCUT2D eigenvalue weighted by molar-refractivity contribution is 0.0173. The summed E-state index contributed by atoms with van der Waals surface area (Å²) in [5.74, 6) is 0. The zero-order valence-electron chi connectivity index (χ0n) is 9.76. The Balaban J connectivity index is 2.03. The van der Waals surface area contributed by atoms with Crippen molar-refractivity contribution in [2.75, 3.05) is 13.1 Å². The number of aliphatic hydroxyl groups is 1. The lowest BCUT2D eigenvalue weighted by Crippen LogP contribution is -2.47. The number of likely N-dealkylation sites (tertiary alicyclic amines) is 1. The Labute approximate surface area is 96.9 Å². The van der Waals surface area contributed by atoms with Gasteiger partial charge in [0.25, 0.3) is 0 Å². The normalized spacial score (nSPS) is 30.8. The fourth-order valence-corrected chi connectivity index (χ4v) is 2.39. The van der Waals surface area contributed by atoms with Gasteiger partial charge in [-0.2, -0.15) is 0 Å². The van der Waals surface area contributed by atoms with E-state index >= 15 is 0 Å².